The maximum atomic E-state index is 6.09. The van der Waals surface area contributed by atoms with E-state index in [1.54, 1.807) is 0 Å². The van der Waals surface area contributed by atoms with Crippen molar-refractivity contribution in [3.05, 3.63) is 19.7 Å². The zero-order valence-electron chi connectivity index (χ0n) is 10.3. The van der Waals surface area contributed by atoms with Gasteiger partial charge in [-0.25, -0.2) is 9.97 Å². The molecule has 100 valence electrons. The van der Waals surface area contributed by atoms with Crippen LogP contribution in [-0.4, -0.2) is 53.5 Å². The molecule has 1 saturated heterocycles. The lowest BCUT2D eigenvalue weighted by Gasteiger charge is -2.26. The van der Waals surface area contributed by atoms with Crippen molar-refractivity contribution in [1.82, 2.24) is 19.8 Å². The first-order valence-electron chi connectivity index (χ1n) is 5.76. The molecule has 7 heteroatoms. The van der Waals surface area contributed by atoms with Crippen molar-refractivity contribution < 1.29 is 0 Å². The van der Waals surface area contributed by atoms with Crippen LogP contribution in [0, 0.1) is 3.57 Å². The number of hydrogen-bond acceptors (Lipinski definition) is 4. The van der Waals surface area contributed by atoms with E-state index in [4.69, 9.17) is 23.2 Å². The average Bonchev–Trinajstić information content (AvgIpc) is 2.47. The Hall–Kier alpha value is 0.310. The second-order valence-corrected chi connectivity index (χ2v) is 6.38. The van der Waals surface area contributed by atoms with E-state index in [1.165, 1.54) is 0 Å². The molecule has 1 aromatic heterocycles. The van der Waals surface area contributed by atoms with E-state index in [9.17, 15) is 0 Å². The minimum Gasteiger partial charge on any atom is -0.304 e. The first-order chi connectivity index (χ1) is 8.49. The summed E-state index contributed by atoms with van der Waals surface area (Å²) in [5.41, 5.74) is 0. The van der Waals surface area contributed by atoms with Crippen molar-refractivity contribution in [2.24, 2.45) is 0 Å². The lowest BCUT2D eigenvalue weighted by molar-refractivity contribution is 0.219. The Morgan fingerprint density at radius 3 is 2.39 bits per heavy atom. The SMILES string of the molecule is CN1CCCN(C)C(c2nc(Cl)c(I)c(Cl)n2)C1. The topological polar surface area (TPSA) is 32.3 Å². The minimum atomic E-state index is 0.143. The molecule has 2 rings (SSSR count). The lowest BCUT2D eigenvalue weighted by Crippen LogP contribution is -2.32. The molecule has 1 aromatic rings. The molecule has 0 bridgehead atoms. The van der Waals surface area contributed by atoms with Gasteiger partial charge in [0.15, 0.2) is 0 Å². The highest BCUT2D eigenvalue weighted by Gasteiger charge is 2.25. The van der Waals surface area contributed by atoms with Crippen LogP contribution in [0.2, 0.25) is 10.3 Å². The second kappa shape index (κ2) is 6.17. The molecular formula is C11H15Cl2IN4. The summed E-state index contributed by atoms with van der Waals surface area (Å²) >= 11 is 14.2. The van der Waals surface area contributed by atoms with Crippen LogP contribution >= 0.6 is 45.8 Å². The fraction of sp³-hybridized carbons (Fsp3) is 0.636. The first kappa shape index (κ1) is 14.7. The first-order valence-corrected chi connectivity index (χ1v) is 7.59. The van der Waals surface area contributed by atoms with Crippen LogP contribution in [0.25, 0.3) is 0 Å². The molecule has 0 spiro atoms. The predicted molar refractivity (Wildman–Crippen MR) is 82.3 cm³/mol. The summed E-state index contributed by atoms with van der Waals surface area (Å²) < 4.78 is 0.712. The third-order valence-corrected chi connectivity index (χ3v) is 5.36. The molecule has 4 nitrogen and oxygen atoms in total. The van der Waals surface area contributed by atoms with Crippen LogP contribution in [-0.2, 0) is 0 Å². The van der Waals surface area contributed by atoms with Gasteiger partial charge in [0.05, 0.1) is 9.61 Å². The molecule has 0 aliphatic carbocycles. The quantitative estimate of drug-likeness (QED) is 0.536. The number of nitrogens with zero attached hydrogens (tertiary/aromatic N) is 4. The Labute approximate surface area is 131 Å². The molecule has 1 unspecified atom stereocenters. The van der Waals surface area contributed by atoms with Gasteiger partial charge in [-0.2, -0.15) is 0 Å². The maximum absolute atomic E-state index is 6.09. The third-order valence-electron chi connectivity index (χ3n) is 3.15. The largest absolute Gasteiger partial charge is 0.304 e. The second-order valence-electron chi connectivity index (χ2n) is 4.59. The van der Waals surface area contributed by atoms with Crippen molar-refractivity contribution in [1.29, 1.82) is 0 Å². The van der Waals surface area contributed by atoms with E-state index in [0.29, 0.717) is 19.7 Å². The fourth-order valence-corrected chi connectivity index (χ4v) is 2.75. The summed E-state index contributed by atoms with van der Waals surface area (Å²) in [6.45, 7) is 3.01. The van der Waals surface area contributed by atoms with Gasteiger partial charge in [-0.1, -0.05) is 23.2 Å². The normalized spacial score (nSPS) is 23.1. The number of halogens is 3. The van der Waals surface area contributed by atoms with Crippen LogP contribution in [0.4, 0.5) is 0 Å². The van der Waals surface area contributed by atoms with E-state index < -0.39 is 0 Å². The van der Waals surface area contributed by atoms with Gasteiger partial charge in [-0.3, -0.25) is 4.90 Å². The Morgan fingerprint density at radius 1 is 1.17 bits per heavy atom. The van der Waals surface area contributed by atoms with Gasteiger partial charge in [0.25, 0.3) is 0 Å². The standard InChI is InChI=1S/C11H15Cl2IN4/c1-17-4-3-5-18(2)7(6-17)11-15-9(12)8(14)10(13)16-11/h7H,3-6H2,1-2H3. The molecule has 1 aliphatic heterocycles. The zero-order chi connectivity index (χ0) is 13.3. The van der Waals surface area contributed by atoms with Crippen LogP contribution in [0.3, 0.4) is 0 Å². The van der Waals surface area contributed by atoms with Crippen molar-refractivity contribution in [2.45, 2.75) is 12.5 Å². The molecule has 0 aromatic carbocycles. The number of aromatic nitrogens is 2. The van der Waals surface area contributed by atoms with Gasteiger partial charge in [-0.15, -0.1) is 0 Å². The maximum Gasteiger partial charge on any atom is 0.150 e. The predicted octanol–water partition coefficient (Wildman–Crippen LogP) is 2.70. The van der Waals surface area contributed by atoms with Crippen molar-refractivity contribution in [2.75, 3.05) is 33.7 Å². The van der Waals surface area contributed by atoms with Crippen molar-refractivity contribution >= 4 is 45.8 Å². The average molecular weight is 401 g/mol. The molecule has 18 heavy (non-hydrogen) atoms. The number of rotatable bonds is 1. The summed E-state index contributed by atoms with van der Waals surface area (Å²) in [6, 6.07) is 0.143. The van der Waals surface area contributed by atoms with Gasteiger partial charge in [-0.05, 0) is 56.2 Å². The lowest BCUT2D eigenvalue weighted by atomic mass is 10.2. The molecule has 0 N–H and O–H groups in total. The van der Waals surface area contributed by atoms with Gasteiger partial charge >= 0.3 is 0 Å². The third kappa shape index (κ3) is 3.25. The molecule has 0 amide bonds. The molecule has 0 saturated carbocycles. The van der Waals surface area contributed by atoms with E-state index in [-0.39, 0.29) is 6.04 Å². The van der Waals surface area contributed by atoms with Gasteiger partial charge in [0.2, 0.25) is 0 Å². The zero-order valence-corrected chi connectivity index (χ0v) is 14.0. The minimum absolute atomic E-state index is 0.143. The van der Waals surface area contributed by atoms with Crippen LogP contribution in [0.15, 0.2) is 0 Å². The molecule has 2 heterocycles. The summed E-state index contributed by atoms with van der Waals surface area (Å²) in [4.78, 5) is 13.3. The van der Waals surface area contributed by atoms with Crippen LogP contribution < -0.4 is 0 Å². The van der Waals surface area contributed by atoms with E-state index >= 15 is 0 Å². The summed E-state index contributed by atoms with van der Waals surface area (Å²) in [7, 11) is 4.20. The van der Waals surface area contributed by atoms with E-state index in [1.807, 2.05) is 0 Å². The molecule has 1 atom stereocenters. The van der Waals surface area contributed by atoms with Crippen LogP contribution in [0.5, 0.6) is 0 Å². The molecular weight excluding hydrogens is 386 g/mol. The van der Waals surface area contributed by atoms with Gasteiger partial charge < -0.3 is 4.90 Å². The highest BCUT2D eigenvalue weighted by atomic mass is 127. The number of likely N-dealkylation sites (N-methyl/N-ethyl adjacent to an activating group) is 2. The smallest absolute Gasteiger partial charge is 0.150 e. The van der Waals surface area contributed by atoms with Crippen molar-refractivity contribution in [3.63, 3.8) is 0 Å². The monoisotopic (exact) mass is 400 g/mol. The highest BCUT2D eigenvalue weighted by molar-refractivity contribution is 14.1. The Bertz CT molecular complexity index is 420. The summed E-state index contributed by atoms with van der Waals surface area (Å²) in [5, 5.41) is 0.872. The van der Waals surface area contributed by atoms with E-state index in [2.05, 4.69) is 56.5 Å². The molecule has 1 aliphatic rings. The Kier molecular flexibility index (Phi) is 5.05. The van der Waals surface area contributed by atoms with E-state index in [0.717, 1.165) is 26.1 Å². The summed E-state index contributed by atoms with van der Waals surface area (Å²) in [6.07, 6.45) is 1.15. The number of hydrogen-bond donors (Lipinski definition) is 0. The highest BCUT2D eigenvalue weighted by Crippen LogP contribution is 2.27. The van der Waals surface area contributed by atoms with Gasteiger partial charge in [0, 0.05) is 6.54 Å². The van der Waals surface area contributed by atoms with Crippen LogP contribution in [0.1, 0.15) is 18.3 Å². The fourth-order valence-electron chi connectivity index (χ4n) is 2.11. The summed E-state index contributed by atoms with van der Waals surface area (Å²) in [5.74, 6) is 0.710. The molecule has 0 radical (unpaired) electrons. The van der Waals surface area contributed by atoms with Crippen molar-refractivity contribution in [3.8, 4) is 0 Å². The molecule has 1 fully saturated rings. The Balaban J connectivity index is 2.33. The van der Waals surface area contributed by atoms with Gasteiger partial charge in [0.1, 0.15) is 16.1 Å². The Morgan fingerprint density at radius 2 is 1.78 bits per heavy atom.